The van der Waals surface area contributed by atoms with Gasteiger partial charge in [-0.2, -0.15) is 0 Å². The molecule has 0 aliphatic carbocycles. The van der Waals surface area contributed by atoms with Gasteiger partial charge in [-0.1, -0.05) is 0 Å². The highest BCUT2D eigenvalue weighted by molar-refractivity contribution is 9.10. The smallest absolute Gasteiger partial charge is 0.280 e. The van der Waals surface area contributed by atoms with E-state index in [9.17, 15) is 8.78 Å². The molecule has 0 aromatic carbocycles. The van der Waals surface area contributed by atoms with Crippen LogP contribution in [-0.4, -0.2) is 12.1 Å². The Morgan fingerprint density at radius 3 is 2.71 bits per heavy atom. The SMILES string of the molecule is COc1c(Br)cc(C(F)F)nc1CN. The van der Waals surface area contributed by atoms with Crippen LogP contribution in [0.3, 0.4) is 0 Å². The van der Waals surface area contributed by atoms with Gasteiger partial charge < -0.3 is 10.5 Å². The maximum Gasteiger partial charge on any atom is 0.280 e. The Morgan fingerprint density at radius 1 is 1.64 bits per heavy atom. The van der Waals surface area contributed by atoms with E-state index in [0.29, 0.717) is 15.9 Å². The molecule has 0 atom stereocenters. The summed E-state index contributed by atoms with van der Waals surface area (Å²) in [5.74, 6) is 0.400. The van der Waals surface area contributed by atoms with Gasteiger partial charge in [0, 0.05) is 6.54 Å². The van der Waals surface area contributed by atoms with E-state index in [1.807, 2.05) is 0 Å². The molecule has 78 valence electrons. The van der Waals surface area contributed by atoms with Crippen LogP contribution in [0.25, 0.3) is 0 Å². The summed E-state index contributed by atoms with van der Waals surface area (Å²) in [6.45, 7) is 0.0579. The van der Waals surface area contributed by atoms with Gasteiger partial charge in [0.25, 0.3) is 6.43 Å². The van der Waals surface area contributed by atoms with E-state index in [2.05, 4.69) is 20.9 Å². The fourth-order valence-electron chi connectivity index (χ4n) is 1.04. The predicted molar refractivity (Wildman–Crippen MR) is 51.3 cm³/mol. The van der Waals surface area contributed by atoms with Crippen molar-refractivity contribution < 1.29 is 13.5 Å². The van der Waals surface area contributed by atoms with Crippen molar-refractivity contribution in [2.75, 3.05) is 7.11 Å². The molecule has 0 aliphatic heterocycles. The minimum absolute atomic E-state index is 0.0579. The first-order chi connectivity index (χ1) is 6.60. The molecule has 3 nitrogen and oxygen atoms in total. The highest BCUT2D eigenvalue weighted by Crippen LogP contribution is 2.31. The Hall–Kier alpha value is -0.750. The lowest BCUT2D eigenvalue weighted by molar-refractivity contribution is 0.145. The van der Waals surface area contributed by atoms with Crippen molar-refractivity contribution in [1.82, 2.24) is 4.98 Å². The van der Waals surface area contributed by atoms with Gasteiger partial charge in [-0.25, -0.2) is 13.8 Å². The summed E-state index contributed by atoms with van der Waals surface area (Å²) >= 11 is 3.11. The van der Waals surface area contributed by atoms with Crippen LogP contribution in [-0.2, 0) is 6.54 Å². The van der Waals surface area contributed by atoms with Crippen molar-refractivity contribution in [3.8, 4) is 5.75 Å². The summed E-state index contributed by atoms with van der Waals surface area (Å²) in [6, 6.07) is 1.22. The van der Waals surface area contributed by atoms with Gasteiger partial charge in [-0.05, 0) is 22.0 Å². The van der Waals surface area contributed by atoms with E-state index in [1.165, 1.54) is 13.2 Å². The minimum Gasteiger partial charge on any atom is -0.494 e. The summed E-state index contributed by atoms with van der Waals surface area (Å²) in [5.41, 5.74) is 5.37. The third kappa shape index (κ3) is 2.19. The molecule has 0 radical (unpaired) electrons. The molecular formula is C8H9BrF2N2O. The second kappa shape index (κ2) is 4.65. The first kappa shape index (κ1) is 11.3. The Labute approximate surface area is 88.4 Å². The molecule has 0 amide bonds. The molecule has 1 aromatic heterocycles. The van der Waals surface area contributed by atoms with Crippen LogP contribution in [0.5, 0.6) is 5.75 Å². The molecular weight excluding hydrogens is 258 g/mol. The van der Waals surface area contributed by atoms with Crippen molar-refractivity contribution >= 4 is 15.9 Å². The molecule has 0 bridgehead atoms. The van der Waals surface area contributed by atoms with Crippen LogP contribution in [0.15, 0.2) is 10.5 Å². The molecule has 1 rings (SSSR count). The molecule has 2 N–H and O–H groups in total. The highest BCUT2D eigenvalue weighted by atomic mass is 79.9. The van der Waals surface area contributed by atoms with Crippen molar-refractivity contribution in [2.45, 2.75) is 13.0 Å². The van der Waals surface area contributed by atoms with Crippen LogP contribution in [0, 0.1) is 0 Å². The van der Waals surface area contributed by atoms with Crippen LogP contribution in [0.2, 0.25) is 0 Å². The first-order valence-corrected chi connectivity index (χ1v) is 4.61. The number of rotatable bonds is 3. The second-order valence-electron chi connectivity index (χ2n) is 2.51. The summed E-state index contributed by atoms with van der Waals surface area (Å²) in [4.78, 5) is 3.69. The van der Waals surface area contributed by atoms with E-state index < -0.39 is 6.43 Å². The molecule has 0 aliphatic rings. The second-order valence-corrected chi connectivity index (χ2v) is 3.37. The quantitative estimate of drug-likeness (QED) is 0.913. The third-order valence-electron chi connectivity index (χ3n) is 1.64. The molecule has 0 unspecified atom stereocenters. The van der Waals surface area contributed by atoms with Crippen molar-refractivity contribution in [1.29, 1.82) is 0 Å². The lowest BCUT2D eigenvalue weighted by atomic mass is 10.3. The van der Waals surface area contributed by atoms with E-state index in [-0.39, 0.29) is 12.2 Å². The van der Waals surface area contributed by atoms with E-state index >= 15 is 0 Å². The maximum atomic E-state index is 12.3. The third-order valence-corrected chi connectivity index (χ3v) is 2.23. The maximum absolute atomic E-state index is 12.3. The Morgan fingerprint density at radius 2 is 2.29 bits per heavy atom. The molecule has 0 saturated carbocycles. The molecule has 1 aromatic rings. The molecule has 14 heavy (non-hydrogen) atoms. The lowest BCUT2D eigenvalue weighted by Gasteiger charge is -2.10. The average Bonchev–Trinajstić information content (AvgIpc) is 2.16. The number of hydrogen-bond acceptors (Lipinski definition) is 3. The largest absolute Gasteiger partial charge is 0.494 e. The average molecular weight is 267 g/mol. The Kier molecular flexibility index (Phi) is 3.77. The van der Waals surface area contributed by atoms with Gasteiger partial charge in [-0.3, -0.25) is 0 Å². The Bertz CT molecular complexity index is 333. The minimum atomic E-state index is -2.61. The number of alkyl halides is 2. The molecule has 0 spiro atoms. The zero-order chi connectivity index (χ0) is 10.7. The monoisotopic (exact) mass is 266 g/mol. The summed E-state index contributed by atoms with van der Waals surface area (Å²) in [6.07, 6.45) is -2.61. The zero-order valence-electron chi connectivity index (χ0n) is 7.43. The molecule has 0 saturated heterocycles. The molecule has 6 heteroatoms. The summed E-state index contributed by atoms with van der Waals surface area (Å²) in [5, 5.41) is 0. The molecule has 1 heterocycles. The van der Waals surface area contributed by atoms with Gasteiger partial charge in [0.2, 0.25) is 0 Å². The number of nitrogens with zero attached hydrogens (tertiary/aromatic N) is 1. The van der Waals surface area contributed by atoms with Crippen molar-refractivity contribution in [3.05, 3.63) is 21.9 Å². The van der Waals surface area contributed by atoms with Crippen LogP contribution in [0.4, 0.5) is 8.78 Å². The first-order valence-electron chi connectivity index (χ1n) is 3.81. The van der Waals surface area contributed by atoms with Crippen LogP contribution in [0.1, 0.15) is 17.8 Å². The van der Waals surface area contributed by atoms with Gasteiger partial charge >= 0.3 is 0 Å². The summed E-state index contributed by atoms with van der Waals surface area (Å²) in [7, 11) is 1.43. The number of ether oxygens (including phenoxy) is 1. The topological polar surface area (TPSA) is 48.1 Å². The normalized spacial score (nSPS) is 10.7. The fourth-order valence-corrected chi connectivity index (χ4v) is 1.66. The number of halogens is 3. The highest BCUT2D eigenvalue weighted by Gasteiger charge is 2.15. The van der Waals surface area contributed by atoms with Crippen molar-refractivity contribution in [3.63, 3.8) is 0 Å². The van der Waals surface area contributed by atoms with E-state index in [4.69, 9.17) is 10.5 Å². The van der Waals surface area contributed by atoms with Gasteiger partial charge in [0.05, 0.1) is 17.3 Å². The molecule has 0 fully saturated rings. The van der Waals surface area contributed by atoms with Gasteiger partial charge in [0.15, 0.2) is 5.75 Å². The summed E-state index contributed by atoms with van der Waals surface area (Å²) < 4.78 is 30.1. The number of pyridine rings is 1. The predicted octanol–water partition coefficient (Wildman–Crippen LogP) is 2.25. The Balaban J connectivity index is 3.24. The van der Waals surface area contributed by atoms with Crippen LogP contribution < -0.4 is 10.5 Å². The number of hydrogen-bond donors (Lipinski definition) is 1. The van der Waals surface area contributed by atoms with Crippen molar-refractivity contribution in [2.24, 2.45) is 5.73 Å². The number of aromatic nitrogens is 1. The van der Waals surface area contributed by atoms with Crippen LogP contribution >= 0.6 is 15.9 Å². The lowest BCUT2D eigenvalue weighted by Crippen LogP contribution is -2.06. The standard InChI is InChI=1S/C8H9BrF2N2O/c1-14-7-4(9)2-5(8(10)11)13-6(7)3-12/h2,8H,3,12H2,1H3. The zero-order valence-corrected chi connectivity index (χ0v) is 9.01. The van der Waals surface area contributed by atoms with E-state index in [0.717, 1.165) is 0 Å². The van der Waals surface area contributed by atoms with Gasteiger partial charge in [0.1, 0.15) is 5.69 Å². The number of methoxy groups -OCH3 is 1. The number of nitrogens with two attached hydrogens (primary N) is 1. The fraction of sp³-hybridized carbons (Fsp3) is 0.375. The van der Waals surface area contributed by atoms with E-state index in [1.54, 1.807) is 0 Å². The van der Waals surface area contributed by atoms with Gasteiger partial charge in [-0.15, -0.1) is 0 Å².